The van der Waals surface area contributed by atoms with Crippen molar-refractivity contribution in [3.63, 3.8) is 0 Å². The van der Waals surface area contributed by atoms with Crippen molar-refractivity contribution in [1.29, 1.82) is 0 Å². The van der Waals surface area contributed by atoms with Crippen molar-refractivity contribution < 1.29 is 19.1 Å². The lowest BCUT2D eigenvalue weighted by Gasteiger charge is -2.10. The molecule has 1 N–H and O–H groups in total. The van der Waals surface area contributed by atoms with Gasteiger partial charge in [0, 0.05) is 13.5 Å². The molecule has 0 aromatic heterocycles. The van der Waals surface area contributed by atoms with E-state index in [0.29, 0.717) is 30.2 Å². The van der Waals surface area contributed by atoms with Gasteiger partial charge in [0.2, 0.25) is 5.91 Å². The monoisotopic (exact) mass is 313 g/mol. The Hall–Kier alpha value is -2.82. The molecular formula is C18H19NO4. The summed E-state index contributed by atoms with van der Waals surface area (Å²) >= 11 is 0. The highest BCUT2D eigenvalue weighted by Gasteiger charge is 2.12. The Morgan fingerprint density at radius 3 is 2.26 bits per heavy atom. The van der Waals surface area contributed by atoms with Crippen LogP contribution in [-0.2, 0) is 11.3 Å². The summed E-state index contributed by atoms with van der Waals surface area (Å²) in [7, 11) is 0. The van der Waals surface area contributed by atoms with Gasteiger partial charge in [-0.1, -0.05) is 24.3 Å². The molecule has 0 bridgehead atoms. The summed E-state index contributed by atoms with van der Waals surface area (Å²) in [5.74, 6) is 0.372. The van der Waals surface area contributed by atoms with Crippen molar-refractivity contribution >= 4 is 11.9 Å². The summed E-state index contributed by atoms with van der Waals surface area (Å²) in [6.07, 6.45) is 0. The van der Waals surface area contributed by atoms with Gasteiger partial charge in [-0.2, -0.15) is 0 Å². The van der Waals surface area contributed by atoms with Crippen molar-refractivity contribution in [2.24, 2.45) is 0 Å². The van der Waals surface area contributed by atoms with Gasteiger partial charge in [-0.3, -0.25) is 4.79 Å². The maximum Gasteiger partial charge on any atom is 0.343 e. The van der Waals surface area contributed by atoms with Crippen LogP contribution in [0.4, 0.5) is 0 Å². The topological polar surface area (TPSA) is 64.6 Å². The van der Waals surface area contributed by atoms with Crippen molar-refractivity contribution in [2.45, 2.75) is 20.4 Å². The van der Waals surface area contributed by atoms with E-state index < -0.39 is 5.97 Å². The molecule has 0 saturated carbocycles. The highest BCUT2D eigenvalue weighted by molar-refractivity contribution is 5.91. The van der Waals surface area contributed by atoms with Gasteiger partial charge in [0.15, 0.2) is 11.5 Å². The molecule has 5 nitrogen and oxygen atoms in total. The lowest BCUT2D eigenvalue weighted by Crippen LogP contribution is -2.19. The summed E-state index contributed by atoms with van der Waals surface area (Å²) in [6, 6.07) is 13.9. The van der Waals surface area contributed by atoms with E-state index in [1.165, 1.54) is 6.92 Å². The van der Waals surface area contributed by atoms with Gasteiger partial charge >= 0.3 is 5.97 Å². The third kappa shape index (κ3) is 4.85. The van der Waals surface area contributed by atoms with E-state index in [9.17, 15) is 9.59 Å². The number of rotatable bonds is 6. The molecule has 2 rings (SSSR count). The number of nitrogens with one attached hydrogen (secondary N) is 1. The zero-order chi connectivity index (χ0) is 16.7. The SMILES string of the molecule is CCOc1ccccc1OC(=O)c1ccc(CNC(C)=O)cc1. The van der Waals surface area contributed by atoms with E-state index in [2.05, 4.69) is 5.32 Å². The van der Waals surface area contributed by atoms with Crippen molar-refractivity contribution in [3.05, 3.63) is 59.7 Å². The van der Waals surface area contributed by atoms with Gasteiger partial charge in [0.05, 0.1) is 12.2 Å². The Morgan fingerprint density at radius 2 is 1.65 bits per heavy atom. The van der Waals surface area contributed by atoms with Crippen molar-refractivity contribution in [2.75, 3.05) is 6.61 Å². The van der Waals surface area contributed by atoms with Crippen LogP contribution in [0.2, 0.25) is 0 Å². The second kappa shape index (κ2) is 7.98. The molecule has 0 atom stereocenters. The molecule has 0 aliphatic heterocycles. The number of hydrogen-bond acceptors (Lipinski definition) is 4. The standard InChI is InChI=1S/C18H19NO4/c1-3-22-16-6-4-5-7-17(16)23-18(21)15-10-8-14(9-11-15)12-19-13(2)20/h4-11H,3,12H2,1-2H3,(H,19,20). The lowest BCUT2D eigenvalue weighted by molar-refractivity contribution is -0.119. The first kappa shape index (κ1) is 16.5. The quantitative estimate of drug-likeness (QED) is 0.658. The summed E-state index contributed by atoms with van der Waals surface area (Å²) in [6.45, 7) is 4.25. The minimum absolute atomic E-state index is 0.0963. The molecule has 0 aliphatic rings. The van der Waals surface area contributed by atoms with Crippen LogP contribution in [0.25, 0.3) is 0 Å². The molecule has 23 heavy (non-hydrogen) atoms. The normalized spacial score (nSPS) is 10.0. The maximum absolute atomic E-state index is 12.2. The molecule has 0 spiro atoms. The fraction of sp³-hybridized carbons (Fsp3) is 0.222. The predicted molar refractivity (Wildman–Crippen MR) is 86.5 cm³/mol. The van der Waals surface area contributed by atoms with E-state index in [1.54, 1.807) is 42.5 Å². The van der Waals surface area contributed by atoms with Crippen LogP contribution in [0.1, 0.15) is 29.8 Å². The molecule has 0 aliphatic carbocycles. The van der Waals surface area contributed by atoms with Gasteiger partial charge < -0.3 is 14.8 Å². The minimum atomic E-state index is -0.455. The number of esters is 1. The van der Waals surface area contributed by atoms with Gasteiger partial charge in [-0.05, 0) is 36.8 Å². The van der Waals surface area contributed by atoms with Crippen molar-refractivity contribution in [1.82, 2.24) is 5.32 Å². The van der Waals surface area contributed by atoms with E-state index in [1.807, 2.05) is 13.0 Å². The van der Waals surface area contributed by atoms with Crippen LogP contribution < -0.4 is 14.8 Å². The van der Waals surface area contributed by atoms with E-state index in [-0.39, 0.29) is 5.91 Å². The summed E-state index contributed by atoms with van der Waals surface area (Å²) < 4.78 is 10.8. The zero-order valence-electron chi connectivity index (χ0n) is 13.2. The summed E-state index contributed by atoms with van der Waals surface area (Å²) in [5.41, 5.74) is 1.34. The first-order valence-electron chi connectivity index (χ1n) is 7.37. The Bertz CT molecular complexity index is 680. The van der Waals surface area contributed by atoms with Gasteiger partial charge in [0.25, 0.3) is 0 Å². The fourth-order valence-electron chi connectivity index (χ4n) is 1.95. The van der Waals surface area contributed by atoms with Crippen LogP contribution in [0.5, 0.6) is 11.5 Å². The molecular weight excluding hydrogens is 294 g/mol. The number of amides is 1. The Morgan fingerprint density at radius 1 is 1.00 bits per heavy atom. The van der Waals surface area contributed by atoms with Gasteiger partial charge in [-0.15, -0.1) is 0 Å². The second-order valence-electron chi connectivity index (χ2n) is 4.88. The Balaban J connectivity index is 2.05. The summed E-state index contributed by atoms with van der Waals surface area (Å²) in [5, 5.41) is 2.70. The molecule has 2 aromatic rings. The number of para-hydroxylation sites is 2. The molecule has 1 amide bonds. The fourth-order valence-corrected chi connectivity index (χ4v) is 1.95. The molecule has 2 aromatic carbocycles. The molecule has 0 saturated heterocycles. The first-order chi connectivity index (χ1) is 11.1. The molecule has 0 fully saturated rings. The second-order valence-corrected chi connectivity index (χ2v) is 4.88. The highest BCUT2D eigenvalue weighted by Crippen LogP contribution is 2.27. The Kier molecular flexibility index (Phi) is 5.74. The maximum atomic E-state index is 12.2. The molecule has 5 heteroatoms. The molecule has 0 heterocycles. The van der Waals surface area contributed by atoms with Crippen molar-refractivity contribution in [3.8, 4) is 11.5 Å². The molecule has 0 radical (unpaired) electrons. The van der Waals surface area contributed by atoms with Gasteiger partial charge in [-0.25, -0.2) is 4.79 Å². The van der Waals surface area contributed by atoms with Gasteiger partial charge in [0.1, 0.15) is 0 Å². The van der Waals surface area contributed by atoms with Crippen LogP contribution in [0.15, 0.2) is 48.5 Å². The Labute approximate surface area is 135 Å². The average Bonchev–Trinajstić information content (AvgIpc) is 2.55. The summed E-state index contributed by atoms with van der Waals surface area (Å²) in [4.78, 5) is 23.1. The zero-order valence-corrected chi connectivity index (χ0v) is 13.2. The number of carbonyl (C=O) groups is 2. The molecule has 0 unspecified atom stereocenters. The van der Waals surface area contributed by atoms with Crippen LogP contribution in [-0.4, -0.2) is 18.5 Å². The lowest BCUT2D eigenvalue weighted by atomic mass is 10.1. The van der Waals surface area contributed by atoms with Crippen LogP contribution >= 0.6 is 0 Å². The third-order valence-corrected chi connectivity index (χ3v) is 3.08. The largest absolute Gasteiger partial charge is 0.490 e. The minimum Gasteiger partial charge on any atom is -0.490 e. The highest BCUT2D eigenvalue weighted by atomic mass is 16.6. The predicted octanol–water partition coefficient (Wildman–Crippen LogP) is 2.94. The van der Waals surface area contributed by atoms with Crippen LogP contribution in [0, 0.1) is 0 Å². The third-order valence-electron chi connectivity index (χ3n) is 3.08. The van der Waals surface area contributed by atoms with E-state index in [0.717, 1.165) is 5.56 Å². The smallest absolute Gasteiger partial charge is 0.343 e. The number of hydrogen-bond donors (Lipinski definition) is 1. The van der Waals surface area contributed by atoms with E-state index >= 15 is 0 Å². The number of ether oxygens (including phenoxy) is 2. The van der Waals surface area contributed by atoms with Crippen LogP contribution in [0.3, 0.4) is 0 Å². The van der Waals surface area contributed by atoms with E-state index in [4.69, 9.17) is 9.47 Å². The number of carbonyl (C=O) groups excluding carboxylic acids is 2. The first-order valence-corrected chi connectivity index (χ1v) is 7.37. The number of benzene rings is 2. The average molecular weight is 313 g/mol. The molecule has 120 valence electrons.